The molecule has 1 amide bonds. The first kappa shape index (κ1) is 16.9. The summed E-state index contributed by atoms with van der Waals surface area (Å²) in [5.74, 6) is -0.256. The van der Waals surface area contributed by atoms with Gasteiger partial charge in [-0.2, -0.15) is 0 Å². The van der Waals surface area contributed by atoms with Crippen molar-refractivity contribution in [3.63, 3.8) is 0 Å². The lowest BCUT2D eigenvalue weighted by atomic mass is 9.99. The number of benzene rings is 2. The van der Waals surface area contributed by atoms with E-state index < -0.39 is 5.91 Å². The molecule has 1 aliphatic heterocycles. The number of imidazole rings is 1. The summed E-state index contributed by atoms with van der Waals surface area (Å²) in [7, 11) is 0. The average molecular weight is 367 g/mol. The van der Waals surface area contributed by atoms with Gasteiger partial charge in [0.05, 0.1) is 17.9 Å². The van der Waals surface area contributed by atoms with E-state index in [4.69, 9.17) is 9.94 Å². The number of nitrogens with one attached hydrogen (secondary N) is 1. The Hall–Kier alpha value is -3.52. The summed E-state index contributed by atoms with van der Waals surface area (Å²) in [6.07, 6.45) is 0.410. The average Bonchev–Trinajstić information content (AvgIpc) is 2.94. The Kier molecular flexibility index (Phi) is 4.17. The van der Waals surface area contributed by atoms with Crippen LogP contribution in [0.2, 0.25) is 0 Å². The molecule has 8 heteroatoms. The number of para-hydroxylation sites is 1. The van der Waals surface area contributed by atoms with Crippen LogP contribution in [0, 0.1) is 0 Å². The molecule has 1 aromatic heterocycles. The van der Waals surface area contributed by atoms with E-state index >= 15 is 0 Å². The van der Waals surface area contributed by atoms with E-state index in [1.165, 1.54) is 14.6 Å². The van der Waals surface area contributed by atoms with Crippen molar-refractivity contribution >= 4 is 5.91 Å². The van der Waals surface area contributed by atoms with Gasteiger partial charge in [-0.25, -0.2) is 14.8 Å². The first-order chi connectivity index (χ1) is 13.1. The number of rotatable bonds is 4. The SMILES string of the molecule is O=C(COc1ccc2c(c1)Cn1c(c(O)n(-c3ccccc3)c1=O)C2)NO. The molecule has 0 unspecified atom stereocenters. The molecule has 4 rings (SSSR count). The molecule has 0 radical (unpaired) electrons. The van der Waals surface area contributed by atoms with Crippen LogP contribution in [0.3, 0.4) is 0 Å². The number of nitrogens with zero attached hydrogens (tertiary/aromatic N) is 2. The molecule has 0 aliphatic carbocycles. The third-order valence-corrected chi connectivity index (χ3v) is 4.59. The molecule has 138 valence electrons. The lowest BCUT2D eigenvalue weighted by Gasteiger charge is -2.19. The molecule has 0 spiro atoms. The van der Waals surface area contributed by atoms with Crippen molar-refractivity contribution in [3.05, 3.63) is 75.8 Å². The summed E-state index contributed by atoms with van der Waals surface area (Å²) < 4.78 is 8.16. The van der Waals surface area contributed by atoms with E-state index in [9.17, 15) is 14.7 Å². The smallest absolute Gasteiger partial charge is 0.336 e. The molecule has 0 saturated carbocycles. The standard InChI is InChI=1S/C19H17N3O5/c23-17(20-26)11-27-15-7-6-12-9-16-18(24)22(14-4-2-1-3-5-14)19(25)21(16)10-13(12)8-15/h1-8,24,26H,9-11H2,(H,20,23). The van der Waals surface area contributed by atoms with Crippen molar-refractivity contribution in [2.75, 3.05) is 6.61 Å². The van der Waals surface area contributed by atoms with Gasteiger partial charge in [0, 0.05) is 6.42 Å². The second-order valence-corrected chi connectivity index (χ2v) is 6.24. The third kappa shape index (κ3) is 2.96. The minimum atomic E-state index is -0.656. The van der Waals surface area contributed by atoms with Crippen molar-refractivity contribution in [1.29, 1.82) is 0 Å². The lowest BCUT2D eigenvalue weighted by molar-refractivity contribution is -0.131. The Morgan fingerprint density at radius 2 is 1.93 bits per heavy atom. The van der Waals surface area contributed by atoms with Gasteiger partial charge in [-0.05, 0) is 35.4 Å². The second kappa shape index (κ2) is 6.65. The van der Waals surface area contributed by atoms with E-state index in [-0.39, 0.29) is 18.2 Å². The molecule has 0 saturated heterocycles. The predicted molar refractivity (Wildman–Crippen MR) is 95.5 cm³/mol. The van der Waals surface area contributed by atoms with Crippen molar-refractivity contribution in [3.8, 4) is 17.3 Å². The molecule has 27 heavy (non-hydrogen) atoms. The van der Waals surface area contributed by atoms with Crippen LogP contribution in [0.4, 0.5) is 0 Å². The van der Waals surface area contributed by atoms with Gasteiger partial charge in [-0.15, -0.1) is 0 Å². The molecule has 0 fully saturated rings. The topological polar surface area (TPSA) is 106 Å². The fourth-order valence-corrected chi connectivity index (χ4v) is 3.27. The summed E-state index contributed by atoms with van der Waals surface area (Å²) in [5, 5.41) is 19.1. The van der Waals surface area contributed by atoms with Crippen LogP contribution in [0.25, 0.3) is 5.69 Å². The maximum Gasteiger partial charge on any atom is 0.336 e. The Labute approximate surface area is 153 Å². The number of hydrogen-bond donors (Lipinski definition) is 3. The van der Waals surface area contributed by atoms with Gasteiger partial charge < -0.3 is 9.84 Å². The highest BCUT2D eigenvalue weighted by atomic mass is 16.5. The van der Waals surface area contributed by atoms with E-state index in [2.05, 4.69) is 0 Å². The van der Waals surface area contributed by atoms with Crippen LogP contribution in [-0.2, 0) is 17.8 Å². The Morgan fingerprint density at radius 1 is 1.15 bits per heavy atom. The van der Waals surface area contributed by atoms with Crippen molar-refractivity contribution in [2.45, 2.75) is 13.0 Å². The first-order valence-corrected chi connectivity index (χ1v) is 8.35. The fraction of sp³-hybridized carbons (Fsp3) is 0.158. The van der Waals surface area contributed by atoms with Gasteiger partial charge in [0.1, 0.15) is 5.75 Å². The number of carbonyl (C=O) groups is 1. The molecule has 0 bridgehead atoms. The van der Waals surface area contributed by atoms with Crippen LogP contribution in [0.1, 0.15) is 16.8 Å². The highest BCUT2D eigenvalue weighted by Gasteiger charge is 2.25. The summed E-state index contributed by atoms with van der Waals surface area (Å²) in [5.41, 5.74) is 4.19. The minimum Gasteiger partial charge on any atom is -0.493 e. The number of carbonyl (C=O) groups excluding carboxylic acids is 1. The molecule has 2 aromatic carbocycles. The third-order valence-electron chi connectivity index (χ3n) is 4.59. The molecule has 3 N–H and O–H groups in total. The van der Waals surface area contributed by atoms with Crippen LogP contribution in [0.5, 0.6) is 11.6 Å². The quantitative estimate of drug-likeness (QED) is 0.371. The predicted octanol–water partition coefficient (Wildman–Crippen LogP) is 1.18. The monoisotopic (exact) mass is 367 g/mol. The lowest BCUT2D eigenvalue weighted by Crippen LogP contribution is -2.27. The van der Waals surface area contributed by atoms with Crippen molar-refractivity contribution in [2.24, 2.45) is 0 Å². The minimum absolute atomic E-state index is 0.0585. The summed E-state index contributed by atoms with van der Waals surface area (Å²) in [6, 6.07) is 14.3. The maximum atomic E-state index is 12.8. The molecular weight excluding hydrogens is 350 g/mol. The second-order valence-electron chi connectivity index (χ2n) is 6.24. The van der Waals surface area contributed by atoms with Crippen LogP contribution >= 0.6 is 0 Å². The van der Waals surface area contributed by atoms with Gasteiger partial charge in [0.25, 0.3) is 5.91 Å². The Bertz CT molecular complexity index is 1070. The summed E-state index contributed by atoms with van der Waals surface area (Å²) in [4.78, 5) is 23.9. The zero-order chi connectivity index (χ0) is 19.0. The summed E-state index contributed by atoms with van der Waals surface area (Å²) in [6.45, 7) is -0.0219. The molecule has 0 atom stereocenters. The van der Waals surface area contributed by atoms with E-state index in [0.29, 0.717) is 30.1 Å². The molecular formula is C19H17N3O5. The number of amides is 1. The highest BCUT2D eigenvalue weighted by molar-refractivity contribution is 5.76. The summed E-state index contributed by atoms with van der Waals surface area (Å²) >= 11 is 0. The normalized spacial score (nSPS) is 12.2. The Balaban J connectivity index is 1.68. The van der Waals surface area contributed by atoms with Gasteiger partial charge >= 0.3 is 5.69 Å². The van der Waals surface area contributed by atoms with Crippen molar-refractivity contribution in [1.82, 2.24) is 14.6 Å². The molecule has 1 aliphatic rings. The zero-order valence-electron chi connectivity index (χ0n) is 14.3. The number of hydroxylamine groups is 1. The van der Waals surface area contributed by atoms with Crippen LogP contribution in [0.15, 0.2) is 53.3 Å². The molecule has 3 aromatic rings. The highest BCUT2D eigenvalue weighted by Crippen LogP contribution is 2.30. The van der Waals surface area contributed by atoms with Gasteiger partial charge in [0.15, 0.2) is 6.61 Å². The number of aromatic nitrogens is 2. The number of aromatic hydroxyl groups is 1. The fourth-order valence-electron chi connectivity index (χ4n) is 3.27. The van der Waals surface area contributed by atoms with Crippen molar-refractivity contribution < 1.29 is 19.8 Å². The van der Waals surface area contributed by atoms with E-state index in [1.54, 1.807) is 36.4 Å². The van der Waals surface area contributed by atoms with Crippen LogP contribution < -0.4 is 15.9 Å². The van der Waals surface area contributed by atoms with Gasteiger partial charge in [-0.3, -0.25) is 14.6 Å². The van der Waals surface area contributed by atoms with E-state index in [1.807, 2.05) is 12.1 Å². The molecule has 8 nitrogen and oxygen atoms in total. The van der Waals surface area contributed by atoms with E-state index in [0.717, 1.165) is 11.1 Å². The largest absolute Gasteiger partial charge is 0.493 e. The number of hydrogen-bond acceptors (Lipinski definition) is 5. The Morgan fingerprint density at radius 3 is 2.67 bits per heavy atom. The zero-order valence-corrected chi connectivity index (χ0v) is 14.3. The molecule has 2 heterocycles. The number of fused-ring (bicyclic) bond motifs is 2. The number of ether oxygens (including phenoxy) is 1. The first-order valence-electron chi connectivity index (χ1n) is 8.35. The van der Waals surface area contributed by atoms with Gasteiger partial charge in [0.2, 0.25) is 5.88 Å². The maximum absolute atomic E-state index is 12.8. The van der Waals surface area contributed by atoms with Crippen LogP contribution in [-0.4, -0.2) is 32.0 Å². The van der Waals surface area contributed by atoms with Gasteiger partial charge in [-0.1, -0.05) is 24.3 Å².